The van der Waals surface area contributed by atoms with Crippen LogP contribution >= 0.6 is 0 Å². The summed E-state index contributed by atoms with van der Waals surface area (Å²) in [5.41, 5.74) is 6.32. The van der Waals surface area contributed by atoms with Crippen molar-refractivity contribution in [3.8, 4) is 11.5 Å². The fourth-order valence-corrected chi connectivity index (χ4v) is 1.56. The van der Waals surface area contributed by atoms with Crippen LogP contribution in [0.15, 0.2) is 18.2 Å². The molecule has 18 heavy (non-hydrogen) atoms. The van der Waals surface area contributed by atoms with Crippen LogP contribution in [0.2, 0.25) is 0 Å². The summed E-state index contributed by atoms with van der Waals surface area (Å²) in [6.45, 7) is 0.308. The van der Waals surface area contributed by atoms with Crippen LogP contribution in [0, 0.1) is 0 Å². The van der Waals surface area contributed by atoms with Gasteiger partial charge in [0, 0.05) is 19.1 Å². The Bertz CT molecular complexity index is 375. The van der Waals surface area contributed by atoms with Crippen LogP contribution in [0.4, 0.5) is 8.78 Å². The third-order valence-corrected chi connectivity index (χ3v) is 2.50. The van der Waals surface area contributed by atoms with E-state index in [0.29, 0.717) is 13.1 Å². The quantitative estimate of drug-likeness (QED) is 0.786. The number of nitrogens with two attached hydrogens (primary N) is 1. The molecule has 0 heterocycles. The van der Waals surface area contributed by atoms with Gasteiger partial charge in [0.1, 0.15) is 0 Å². The molecule has 0 aliphatic carbocycles. The third-order valence-electron chi connectivity index (χ3n) is 2.50. The van der Waals surface area contributed by atoms with Crippen LogP contribution in [0.5, 0.6) is 11.5 Å². The smallest absolute Gasteiger partial charge is 0.387 e. The maximum absolute atomic E-state index is 12.2. The Hall–Kier alpha value is -1.40. The fourth-order valence-electron chi connectivity index (χ4n) is 1.56. The number of hydrogen-bond donors (Lipinski definition) is 2. The van der Waals surface area contributed by atoms with Crippen molar-refractivity contribution < 1.29 is 18.3 Å². The monoisotopic (exact) mass is 260 g/mol. The molecule has 1 rings (SSSR count). The Morgan fingerprint density at radius 2 is 2.06 bits per heavy atom. The van der Waals surface area contributed by atoms with Crippen molar-refractivity contribution in [2.75, 3.05) is 20.2 Å². The Labute approximate surface area is 105 Å². The standard InChI is InChI=1S/C12H18F2N2O2/c1-8(16-6-5-15)9-3-4-10(18-12(13)14)11(7-9)17-2/h3-4,7-8,12,16H,5-6,15H2,1-2H3. The van der Waals surface area contributed by atoms with Crippen LogP contribution in [0.1, 0.15) is 18.5 Å². The lowest BCUT2D eigenvalue weighted by Crippen LogP contribution is -2.25. The van der Waals surface area contributed by atoms with Crippen LogP contribution in [-0.2, 0) is 0 Å². The van der Waals surface area contributed by atoms with Gasteiger partial charge in [-0.3, -0.25) is 0 Å². The maximum atomic E-state index is 12.2. The molecule has 1 unspecified atom stereocenters. The summed E-state index contributed by atoms with van der Waals surface area (Å²) in [6.07, 6.45) is 0. The number of methoxy groups -OCH3 is 1. The summed E-state index contributed by atoms with van der Waals surface area (Å²) in [6, 6.07) is 4.92. The second kappa shape index (κ2) is 7.13. The van der Waals surface area contributed by atoms with Crippen LogP contribution in [0.25, 0.3) is 0 Å². The number of rotatable bonds is 7. The van der Waals surface area contributed by atoms with E-state index in [2.05, 4.69) is 10.1 Å². The van der Waals surface area contributed by atoms with Crippen molar-refractivity contribution in [3.63, 3.8) is 0 Å². The highest BCUT2D eigenvalue weighted by atomic mass is 19.3. The van der Waals surface area contributed by atoms with Crippen molar-refractivity contribution in [1.29, 1.82) is 0 Å². The van der Waals surface area contributed by atoms with Gasteiger partial charge in [-0.2, -0.15) is 8.78 Å². The molecule has 0 spiro atoms. The molecule has 1 aromatic rings. The second-order valence-corrected chi connectivity index (χ2v) is 3.75. The lowest BCUT2D eigenvalue weighted by atomic mass is 10.1. The minimum Gasteiger partial charge on any atom is -0.493 e. The summed E-state index contributed by atoms with van der Waals surface area (Å²) >= 11 is 0. The highest BCUT2D eigenvalue weighted by molar-refractivity contribution is 5.43. The lowest BCUT2D eigenvalue weighted by Gasteiger charge is -2.16. The van der Waals surface area contributed by atoms with E-state index in [0.717, 1.165) is 5.56 Å². The first-order chi connectivity index (χ1) is 8.58. The topological polar surface area (TPSA) is 56.5 Å². The molecule has 4 nitrogen and oxygen atoms in total. The Balaban J connectivity index is 2.83. The largest absolute Gasteiger partial charge is 0.493 e. The zero-order chi connectivity index (χ0) is 13.5. The summed E-state index contributed by atoms with van der Waals surface area (Å²) in [4.78, 5) is 0. The van der Waals surface area contributed by atoms with Gasteiger partial charge in [0.2, 0.25) is 0 Å². The summed E-state index contributed by atoms with van der Waals surface area (Å²) < 4.78 is 33.7. The Morgan fingerprint density at radius 3 is 2.61 bits per heavy atom. The minimum absolute atomic E-state index is 0.0299. The van der Waals surface area contributed by atoms with Crippen LogP contribution in [0.3, 0.4) is 0 Å². The molecule has 0 radical (unpaired) electrons. The molecule has 0 amide bonds. The lowest BCUT2D eigenvalue weighted by molar-refractivity contribution is -0.0512. The van der Waals surface area contributed by atoms with E-state index in [1.54, 1.807) is 12.1 Å². The first kappa shape index (κ1) is 14.7. The van der Waals surface area contributed by atoms with Crippen LogP contribution in [-0.4, -0.2) is 26.8 Å². The average Bonchev–Trinajstić information content (AvgIpc) is 2.35. The Morgan fingerprint density at radius 1 is 1.33 bits per heavy atom. The molecule has 6 heteroatoms. The van der Waals surface area contributed by atoms with E-state index in [9.17, 15) is 8.78 Å². The molecule has 0 aromatic heterocycles. The number of alkyl halides is 2. The fraction of sp³-hybridized carbons (Fsp3) is 0.500. The van der Waals surface area contributed by atoms with Gasteiger partial charge in [0.25, 0.3) is 0 Å². The van der Waals surface area contributed by atoms with Crippen molar-refractivity contribution in [1.82, 2.24) is 5.32 Å². The molecule has 0 fully saturated rings. The minimum atomic E-state index is -2.86. The summed E-state index contributed by atoms with van der Waals surface area (Å²) in [5, 5.41) is 3.19. The van der Waals surface area contributed by atoms with Gasteiger partial charge in [-0.1, -0.05) is 6.07 Å². The molecule has 1 atom stereocenters. The molecule has 0 aliphatic heterocycles. The highest BCUT2D eigenvalue weighted by Gasteiger charge is 2.13. The number of hydrogen-bond acceptors (Lipinski definition) is 4. The van der Waals surface area contributed by atoms with E-state index < -0.39 is 6.61 Å². The van der Waals surface area contributed by atoms with Gasteiger partial charge < -0.3 is 20.5 Å². The molecule has 0 aliphatic rings. The van der Waals surface area contributed by atoms with E-state index in [1.807, 2.05) is 6.92 Å². The zero-order valence-corrected chi connectivity index (χ0v) is 10.5. The van der Waals surface area contributed by atoms with Crippen molar-refractivity contribution >= 4 is 0 Å². The second-order valence-electron chi connectivity index (χ2n) is 3.75. The Kier molecular flexibility index (Phi) is 5.80. The molecule has 0 saturated carbocycles. The first-order valence-electron chi connectivity index (χ1n) is 5.64. The maximum Gasteiger partial charge on any atom is 0.387 e. The van der Waals surface area contributed by atoms with Crippen molar-refractivity contribution in [2.45, 2.75) is 19.6 Å². The van der Waals surface area contributed by atoms with E-state index in [-0.39, 0.29) is 17.5 Å². The SMILES string of the molecule is COc1cc(C(C)NCCN)ccc1OC(F)F. The predicted molar refractivity (Wildman–Crippen MR) is 65.1 cm³/mol. The van der Waals surface area contributed by atoms with Crippen molar-refractivity contribution in [3.05, 3.63) is 23.8 Å². The van der Waals surface area contributed by atoms with Gasteiger partial charge in [0.15, 0.2) is 11.5 Å². The molecule has 102 valence electrons. The van der Waals surface area contributed by atoms with E-state index in [4.69, 9.17) is 10.5 Å². The predicted octanol–water partition coefficient (Wildman–Crippen LogP) is 1.91. The van der Waals surface area contributed by atoms with Crippen molar-refractivity contribution in [2.24, 2.45) is 5.73 Å². The van der Waals surface area contributed by atoms with Gasteiger partial charge >= 0.3 is 6.61 Å². The van der Waals surface area contributed by atoms with E-state index >= 15 is 0 Å². The number of benzene rings is 1. The van der Waals surface area contributed by atoms with Gasteiger partial charge in [-0.05, 0) is 24.6 Å². The molecule has 0 saturated heterocycles. The molecule has 0 bridgehead atoms. The van der Waals surface area contributed by atoms with Crippen LogP contribution < -0.4 is 20.5 Å². The number of halogens is 2. The number of nitrogens with one attached hydrogen (secondary N) is 1. The normalized spacial score (nSPS) is 12.6. The van der Waals surface area contributed by atoms with Gasteiger partial charge in [0.05, 0.1) is 7.11 Å². The first-order valence-corrected chi connectivity index (χ1v) is 5.64. The average molecular weight is 260 g/mol. The zero-order valence-electron chi connectivity index (χ0n) is 10.5. The molecular weight excluding hydrogens is 242 g/mol. The highest BCUT2D eigenvalue weighted by Crippen LogP contribution is 2.31. The van der Waals surface area contributed by atoms with Gasteiger partial charge in [-0.25, -0.2) is 0 Å². The van der Waals surface area contributed by atoms with Gasteiger partial charge in [-0.15, -0.1) is 0 Å². The summed E-state index contributed by atoms with van der Waals surface area (Å²) in [7, 11) is 1.41. The molecule has 1 aromatic carbocycles. The molecule has 3 N–H and O–H groups in total. The number of ether oxygens (including phenoxy) is 2. The summed E-state index contributed by atoms with van der Waals surface area (Å²) in [5.74, 6) is 0.316. The molecular formula is C12H18F2N2O2. The third kappa shape index (κ3) is 4.12. The van der Waals surface area contributed by atoms with E-state index in [1.165, 1.54) is 13.2 Å².